The highest BCUT2D eigenvalue weighted by molar-refractivity contribution is 6.34. The van der Waals surface area contributed by atoms with Crippen molar-refractivity contribution >= 4 is 34.8 Å². The number of halogens is 3. The SMILES string of the molecule is CNC(c1cc(Cl)ccc1Cl)c1c(Cl)cnn1C(C)C. The van der Waals surface area contributed by atoms with Gasteiger partial charge in [-0.3, -0.25) is 4.68 Å². The Morgan fingerprint density at radius 1 is 1.15 bits per heavy atom. The van der Waals surface area contributed by atoms with Crippen LogP contribution in [0.25, 0.3) is 0 Å². The van der Waals surface area contributed by atoms with E-state index in [2.05, 4.69) is 24.3 Å². The van der Waals surface area contributed by atoms with Gasteiger partial charge in [0, 0.05) is 16.1 Å². The molecule has 6 heteroatoms. The van der Waals surface area contributed by atoms with Gasteiger partial charge >= 0.3 is 0 Å². The summed E-state index contributed by atoms with van der Waals surface area (Å²) in [6.07, 6.45) is 1.65. The van der Waals surface area contributed by atoms with Gasteiger partial charge in [-0.05, 0) is 44.7 Å². The van der Waals surface area contributed by atoms with Gasteiger partial charge in [-0.15, -0.1) is 0 Å². The summed E-state index contributed by atoms with van der Waals surface area (Å²) in [6, 6.07) is 5.43. The molecule has 0 radical (unpaired) electrons. The van der Waals surface area contributed by atoms with Crippen LogP contribution in [0.15, 0.2) is 24.4 Å². The zero-order valence-corrected chi connectivity index (χ0v) is 13.8. The van der Waals surface area contributed by atoms with Gasteiger partial charge in [0.15, 0.2) is 0 Å². The second-order valence-electron chi connectivity index (χ2n) is 4.80. The molecule has 0 aliphatic heterocycles. The molecule has 0 saturated heterocycles. The summed E-state index contributed by atoms with van der Waals surface area (Å²) in [4.78, 5) is 0. The summed E-state index contributed by atoms with van der Waals surface area (Å²) in [5.41, 5.74) is 1.76. The summed E-state index contributed by atoms with van der Waals surface area (Å²) < 4.78 is 1.89. The lowest BCUT2D eigenvalue weighted by Gasteiger charge is -2.22. The van der Waals surface area contributed by atoms with Crippen LogP contribution in [0.5, 0.6) is 0 Å². The van der Waals surface area contributed by atoms with Crippen LogP contribution in [0.2, 0.25) is 15.1 Å². The molecular weight excluding hydrogens is 317 g/mol. The molecule has 1 aromatic heterocycles. The highest BCUT2D eigenvalue weighted by Gasteiger charge is 2.24. The van der Waals surface area contributed by atoms with Crippen molar-refractivity contribution in [1.82, 2.24) is 15.1 Å². The van der Waals surface area contributed by atoms with Crippen LogP contribution < -0.4 is 5.32 Å². The zero-order chi connectivity index (χ0) is 14.9. The minimum absolute atomic E-state index is 0.168. The minimum atomic E-state index is -0.168. The predicted octanol–water partition coefficient (Wildman–Crippen LogP) is 4.73. The van der Waals surface area contributed by atoms with Crippen molar-refractivity contribution in [2.45, 2.75) is 25.9 Å². The first-order valence-electron chi connectivity index (χ1n) is 6.30. The van der Waals surface area contributed by atoms with Gasteiger partial charge in [0.1, 0.15) is 0 Å². The van der Waals surface area contributed by atoms with Gasteiger partial charge in [-0.1, -0.05) is 34.8 Å². The van der Waals surface area contributed by atoms with Crippen molar-refractivity contribution in [2.75, 3.05) is 7.05 Å². The van der Waals surface area contributed by atoms with E-state index in [0.717, 1.165) is 11.3 Å². The molecule has 0 saturated carbocycles. The maximum Gasteiger partial charge on any atom is 0.0837 e. The molecule has 0 amide bonds. The zero-order valence-electron chi connectivity index (χ0n) is 11.5. The summed E-state index contributed by atoms with van der Waals surface area (Å²) in [5.74, 6) is 0. The fraction of sp³-hybridized carbons (Fsp3) is 0.357. The Morgan fingerprint density at radius 3 is 2.45 bits per heavy atom. The lowest BCUT2D eigenvalue weighted by atomic mass is 10.0. The average Bonchev–Trinajstić information content (AvgIpc) is 2.77. The van der Waals surface area contributed by atoms with Crippen LogP contribution in [0, 0.1) is 0 Å². The first-order valence-corrected chi connectivity index (χ1v) is 7.44. The van der Waals surface area contributed by atoms with E-state index in [9.17, 15) is 0 Å². The Morgan fingerprint density at radius 2 is 1.85 bits per heavy atom. The monoisotopic (exact) mass is 331 g/mol. The van der Waals surface area contributed by atoms with Crippen LogP contribution in [0.3, 0.4) is 0 Å². The average molecular weight is 333 g/mol. The Balaban J connectivity index is 2.58. The third-order valence-electron chi connectivity index (χ3n) is 3.11. The molecule has 0 bridgehead atoms. The van der Waals surface area contributed by atoms with Crippen molar-refractivity contribution in [2.24, 2.45) is 0 Å². The highest BCUT2D eigenvalue weighted by atomic mass is 35.5. The molecule has 0 aliphatic carbocycles. The number of benzene rings is 1. The Kier molecular flexibility index (Phi) is 4.97. The molecule has 0 fully saturated rings. The molecular formula is C14H16Cl3N3. The van der Waals surface area contributed by atoms with E-state index in [1.54, 1.807) is 18.3 Å². The molecule has 20 heavy (non-hydrogen) atoms. The number of hydrogen-bond donors (Lipinski definition) is 1. The van der Waals surface area contributed by atoms with E-state index in [1.165, 1.54) is 0 Å². The van der Waals surface area contributed by atoms with Crippen LogP contribution in [0.1, 0.15) is 37.2 Å². The van der Waals surface area contributed by atoms with E-state index in [0.29, 0.717) is 15.1 Å². The number of nitrogens with one attached hydrogen (secondary N) is 1. The summed E-state index contributed by atoms with van der Waals surface area (Å²) in [5, 5.41) is 9.45. The lowest BCUT2D eigenvalue weighted by Crippen LogP contribution is -2.23. The van der Waals surface area contributed by atoms with Gasteiger partial charge < -0.3 is 5.32 Å². The fourth-order valence-electron chi connectivity index (χ4n) is 2.21. The van der Waals surface area contributed by atoms with Gasteiger partial charge in [0.25, 0.3) is 0 Å². The van der Waals surface area contributed by atoms with E-state index < -0.39 is 0 Å². The van der Waals surface area contributed by atoms with Gasteiger partial charge in [0.2, 0.25) is 0 Å². The van der Waals surface area contributed by atoms with E-state index >= 15 is 0 Å². The maximum atomic E-state index is 6.31. The van der Waals surface area contributed by atoms with Crippen molar-refractivity contribution in [3.63, 3.8) is 0 Å². The molecule has 1 heterocycles. The number of aromatic nitrogens is 2. The smallest absolute Gasteiger partial charge is 0.0837 e. The van der Waals surface area contributed by atoms with Crippen LogP contribution in [-0.2, 0) is 0 Å². The number of rotatable bonds is 4. The second kappa shape index (κ2) is 6.35. The molecule has 2 rings (SSSR count). The first-order chi connectivity index (χ1) is 9.45. The topological polar surface area (TPSA) is 29.9 Å². The normalized spacial score (nSPS) is 12.9. The molecule has 0 aliphatic rings. The fourth-order valence-corrected chi connectivity index (χ4v) is 2.85. The maximum absolute atomic E-state index is 6.31. The van der Waals surface area contributed by atoms with E-state index in [1.807, 2.05) is 17.8 Å². The van der Waals surface area contributed by atoms with Crippen molar-refractivity contribution in [3.8, 4) is 0 Å². The second-order valence-corrected chi connectivity index (χ2v) is 6.05. The molecule has 1 unspecified atom stereocenters. The molecule has 2 aromatic rings. The number of hydrogen-bond acceptors (Lipinski definition) is 2. The largest absolute Gasteiger partial charge is 0.308 e. The van der Waals surface area contributed by atoms with Gasteiger partial charge in [-0.25, -0.2) is 0 Å². The Bertz CT molecular complexity index is 608. The summed E-state index contributed by atoms with van der Waals surface area (Å²) >= 11 is 18.7. The molecule has 3 nitrogen and oxygen atoms in total. The Labute approximate surface area is 133 Å². The summed E-state index contributed by atoms with van der Waals surface area (Å²) in [6.45, 7) is 4.11. The molecule has 1 aromatic carbocycles. The minimum Gasteiger partial charge on any atom is -0.308 e. The van der Waals surface area contributed by atoms with Crippen molar-refractivity contribution in [3.05, 3.63) is 50.7 Å². The van der Waals surface area contributed by atoms with E-state index in [-0.39, 0.29) is 12.1 Å². The molecule has 108 valence electrons. The van der Waals surface area contributed by atoms with Crippen molar-refractivity contribution < 1.29 is 0 Å². The molecule has 1 atom stereocenters. The number of nitrogens with zero attached hydrogens (tertiary/aromatic N) is 2. The lowest BCUT2D eigenvalue weighted by molar-refractivity contribution is 0.484. The first kappa shape index (κ1) is 15.6. The third-order valence-corrected chi connectivity index (χ3v) is 3.98. The Hall–Kier alpha value is -0.740. The van der Waals surface area contributed by atoms with Crippen LogP contribution in [-0.4, -0.2) is 16.8 Å². The standard InChI is InChI=1S/C14H16Cl3N3/c1-8(2)20-14(12(17)7-19-20)13(18-3)10-6-9(15)4-5-11(10)16/h4-8,13,18H,1-3H3. The highest BCUT2D eigenvalue weighted by Crippen LogP contribution is 2.34. The van der Waals surface area contributed by atoms with Gasteiger partial charge in [0.05, 0.1) is 23.0 Å². The van der Waals surface area contributed by atoms with E-state index in [4.69, 9.17) is 34.8 Å². The van der Waals surface area contributed by atoms with Crippen LogP contribution >= 0.6 is 34.8 Å². The quantitative estimate of drug-likeness (QED) is 0.877. The van der Waals surface area contributed by atoms with Gasteiger partial charge in [-0.2, -0.15) is 5.10 Å². The molecule has 1 N–H and O–H groups in total. The molecule has 0 spiro atoms. The third kappa shape index (κ3) is 2.96. The predicted molar refractivity (Wildman–Crippen MR) is 85.0 cm³/mol. The van der Waals surface area contributed by atoms with Crippen LogP contribution in [0.4, 0.5) is 0 Å². The summed E-state index contributed by atoms with van der Waals surface area (Å²) in [7, 11) is 1.86. The van der Waals surface area contributed by atoms with Crippen molar-refractivity contribution in [1.29, 1.82) is 0 Å².